The van der Waals surface area contributed by atoms with Gasteiger partial charge < -0.3 is 5.32 Å². The van der Waals surface area contributed by atoms with Gasteiger partial charge in [-0.2, -0.15) is 0 Å². The van der Waals surface area contributed by atoms with E-state index < -0.39 is 23.8 Å². The summed E-state index contributed by atoms with van der Waals surface area (Å²) in [5, 5.41) is 2.83. The standard InChI is InChI=1S/C25H21FN2O3/c26-19-12-10-17(11-13-19)14-15-27-23(29)22(16-18-6-2-1-3-7-18)28-24(30)20-8-4-5-9-21(20)25(28)31/h1-13,22H,14-16H2,(H,27,29)/t22-/m1/s1. The van der Waals surface area contributed by atoms with Crippen LogP contribution in [-0.2, 0) is 17.6 Å². The van der Waals surface area contributed by atoms with Gasteiger partial charge in [-0.3, -0.25) is 19.3 Å². The second kappa shape index (κ2) is 8.92. The van der Waals surface area contributed by atoms with Crippen molar-refractivity contribution in [2.75, 3.05) is 6.54 Å². The Kier molecular flexibility index (Phi) is 5.89. The van der Waals surface area contributed by atoms with Crippen LogP contribution in [0.2, 0.25) is 0 Å². The first-order valence-electron chi connectivity index (χ1n) is 10.1. The Labute approximate surface area is 179 Å². The van der Waals surface area contributed by atoms with E-state index in [-0.39, 0.29) is 12.2 Å². The highest BCUT2D eigenvalue weighted by Crippen LogP contribution is 2.26. The largest absolute Gasteiger partial charge is 0.354 e. The maximum atomic E-state index is 13.1. The summed E-state index contributed by atoms with van der Waals surface area (Å²) in [5.74, 6) is -1.65. The molecular weight excluding hydrogens is 395 g/mol. The summed E-state index contributed by atoms with van der Waals surface area (Å²) in [6.45, 7) is 0.304. The zero-order valence-corrected chi connectivity index (χ0v) is 16.8. The van der Waals surface area contributed by atoms with Crippen LogP contribution in [0.3, 0.4) is 0 Å². The molecule has 6 heteroatoms. The number of hydrogen-bond donors (Lipinski definition) is 1. The van der Waals surface area contributed by atoms with Crippen molar-refractivity contribution in [2.24, 2.45) is 0 Å². The van der Waals surface area contributed by atoms with E-state index in [0.717, 1.165) is 16.0 Å². The molecule has 1 N–H and O–H groups in total. The van der Waals surface area contributed by atoms with Gasteiger partial charge >= 0.3 is 0 Å². The maximum Gasteiger partial charge on any atom is 0.262 e. The number of carbonyl (C=O) groups excluding carboxylic acids is 3. The molecule has 3 amide bonds. The third-order valence-corrected chi connectivity index (χ3v) is 5.34. The average Bonchev–Trinajstić information content (AvgIpc) is 3.04. The highest BCUT2D eigenvalue weighted by Gasteiger charge is 2.42. The van der Waals surface area contributed by atoms with Crippen LogP contribution in [0, 0.1) is 5.82 Å². The number of rotatable bonds is 7. The number of nitrogens with one attached hydrogen (secondary N) is 1. The predicted octanol–water partition coefficient (Wildman–Crippen LogP) is 3.39. The predicted molar refractivity (Wildman–Crippen MR) is 114 cm³/mol. The van der Waals surface area contributed by atoms with Gasteiger partial charge in [0.2, 0.25) is 5.91 Å². The van der Waals surface area contributed by atoms with Gasteiger partial charge in [-0.1, -0.05) is 54.6 Å². The molecule has 0 unspecified atom stereocenters. The fraction of sp³-hybridized carbons (Fsp3) is 0.160. The van der Waals surface area contributed by atoms with Crippen molar-refractivity contribution in [3.63, 3.8) is 0 Å². The first kappa shape index (κ1) is 20.5. The highest BCUT2D eigenvalue weighted by molar-refractivity contribution is 6.22. The molecule has 0 saturated heterocycles. The molecule has 1 heterocycles. The quantitative estimate of drug-likeness (QED) is 0.601. The van der Waals surface area contributed by atoms with E-state index in [0.29, 0.717) is 24.1 Å². The summed E-state index contributed by atoms with van der Waals surface area (Å²) >= 11 is 0. The van der Waals surface area contributed by atoms with Crippen molar-refractivity contribution >= 4 is 17.7 Å². The van der Waals surface area contributed by atoms with E-state index >= 15 is 0 Å². The Morgan fingerprint density at radius 2 is 1.39 bits per heavy atom. The van der Waals surface area contributed by atoms with Crippen molar-refractivity contribution in [2.45, 2.75) is 18.9 Å². The summed E-state index contributed by atoms with van der Waals surface area (Å²) in [5.41, 5.74) is 2.34. The van der Waals surface area contributed by atoms with Crippen LogP contribution in [0.25, 0.3) is 0 Å². The first-order valence-corrected chi connectivity index (χ1v) is 10.1. The molecule has 0 saturated carbocycles. The minimum Gasteiger partial charge on any atom is -0.354 e. The summed E-state index contributed by atoms with van der Waals surface area (Å²) in [6.07, 6.45) is 0.723. The molecule has 1 aliphatic rings. The van der Waals surface area contributed by atoms with E-state index in [2.05, 4.69) is 5.32 Å². The Hall–Kier alpha value is -3.80. The van der Waals surface area contributed by atoms with Gasteiger partial charge in [-0.05, 0) is 41.8 Å². The van der Waals surface area contributed by atoms with Crippen molar-refractivity contribution in [3.05, 3.63) is 107 Å². The number of carbonyl (C=O) groups is 3. The van der Waals surface area contributed by atoms with E-state index in [9.17, 15) is 18.8 Å². The van der Waals surface area contributed by atoms with E-state index in [4.69, 9.17) is 0 Å². The molecule has 5 nitrogen and oxygen atoms in total. The Morgan fingerprint density at radius 1 is 0.806 bits per heavy atom. The molecular formula is C25H21FN2O3. The lowest BCUT2D eigenvalue weighted by Gasteiger charge is -2.25. The van der Waals surface area contributed by atoms with Crippen LogP contribution in [0.5, 0.6) is 0 Å². The van der Waals surface area contributed by atoms with Gasteiger partial charge in [0.15, 0.2) is 0 Å². The molecule has 0 radical (unpaired) electrons. The lowest BCUT2D eigenvalue weighted by Crippen LogP contribution is -2.51. The Balaban J connectivity index is 1.53. The first-order chi connectivity index (χ1) is 15.0. The van der Waals surface area contributed by atoms with Crippen LogP contribution in [0.1, 0.15) is 31.8 Å². The number of imide groups is 1. The molecule has 156 valence electrons. The number of benzene rings is 3. The van der Waals surface area contributed by atoms with Gasteiger partial charge in [0.05, 0.1) is 11.1 Å². The minimum absolute atomic E-state index is 0.217. The van der Waals surface area contributed by atoms with Gasteiger partial charge in [-0.25, -0.2) is 4.39 Å². The lowest BCUT2D eigenvalue weighted by atomic mass is 10.0. The van der Waals surface area contributed by atoms with Crippen LogP contribution in [0.4, 0.5) is 4.39 Å². The summed E-state index contributed by atoms with van der Waals surface area (Å²) in [6, 6.07) is 21.0. The SMILES string of the molecule is O=C(NCCc1ccc(F)cc1)[C@@H](Cc1ccccc1)N1C(=O)c2ccccc2C1=O. The third kappa shape index (κ3) is 4.38. The minimum atomic E-state index is -0.969. The van der Waals surface area contributed by atoms with Gasteiger partial charge in [0.1, 0.15) is 11.9 Å². The van der Waals surface area contributed by atoms with Crippen LogP contribution in [0.15, 0.2) is 78.9 Å². The Bertz CT molecular complexity index is 1080. The summed E-state index contributed by atoms with van der Waals surface area (Å²) in [4.78, 5) is 40.1. The van der Waals surface area contributed by atoms with E-state index in [1.807, 2.05) is 30.3 Å². The van der Waals surface area contributed by atoms with Crippen molar-refractivity contribution < 1.29 is 18.8 Å². The smallest absolute Gasteiger partial charge is 0.262 e. The zero-order valence-electron chi connectivity index (χ0n) is 16.8. The molecule has 3 aromatic rings. The van der Waals surface area contributed by atoms with Crippen LogP contribution >= 0.6 is 0 Å². The second-order valence-electron chi connectivity index (χ2n) is 7.40. The molecule has 31 heavy (non-hydrogen) atoms. The average molecular weight is 416 g/mol. The van der Waals surface area contributed by atoms with Crippen LogP contribution in [-0.4, -0.2) is 35.2 Å². The van der Waals surface area contributed by atoms with E-state index in [1.54, 1.807) is 36.4 Å². The number of halogens is 1. The summed E-state index contributed by atoms with van der Waals surface area (Å²) < 4.78 is 13.1. The molecule has 0 fully saturated rings. The van der Waals surface area contributed by atoms with Crippen molar-refractivity contribution in [3.8, 4) is 0 Å². The highest BCUT2D eigenvalue weighted by atomic mass is 19.1. The molecule has 0 aliphatic carbocycles. The molecule has 1 aliphatic heterocycles. The molecule has 3 aromatic carbocycles. The fourth-order valence-corrected chi connectivity index (χ4v) is 3.73. The number of hydrogen-bond acceptors (Lipinski definition) is 3. The normalized spacial score (nSPS) is 13.8. The van der Waals surface area contributed by atoms with Crippen LogP contribution < -0.4 is 5.32 Å². The molecule has 0 bridgehead atoms. The topological polar surface area (TPSA) is 66.5 Å². The molecule has 0 aromatic heterocycles. The Morgan fingerprint density at radius 3 is 2.00 bits per heavy atom. The van der Waals surface area contributed by atoms with Gasteiger partial charge in [0.25, 0.3) is 11.8 Å². The number of nitrogens with zero attached hydrogens (tertiary/aromatic N) is 1. The van der Waals surface area contributed by atoms with Crippen molar-refractivity contribution in [1.82, 2.24) is 10.2 Å². The molecule has 0 spiro atoms. The van der Waals surface area contributed by atoms with Gasteiger partial charge in [-0.15, -0.1) is 0 Å². The second-order valence-corrected chi connectivity index (χ2v) is 7.40. The number of fused-ring (bicyclic) bond motifs is 1. The lowest BCUT2D eigenvalue weighted by molar-refractivity contribution is -0.125. The molecule has 1 atom stereocenters. The maximum absolute atomic E-state index is 13.1. The summed E-state index contributed by atoms with van der Waals surface area (Å²) in [7, 11) is 0. The monoisotopic (exact) mass is 416 g/mol. The van der Waals surface area contributed by atoms with E-state index in [1.165, 1.54) is 12.1 Å². The van der Waals surface area contributed by atoms with Crippen molar-refractivity contribution in [1.29, 1.82) is 0 Å². The molecule has 4 rings (SSSR count). The third-order valence-electron chi connectivity index (χ3n) is 5.34. The fourth-order valence-electron chi connectivity index (χ4n) is 3.73. The number of amides is 3. The van der Waals surface area contributed by atoms with Gasteiger partial charge in [0, 0.05) is 13.0 Å². The zero-order chi connectivity index (χ0) is 21.8.